The summed E-state index contributed by atoms with van der Waals surface area (Å²) in [7, 11) is 0. The van der Waals surface area contributed by atoms with Crippen LogP contribution in [0.4, 0.5) is 24.5 Å². The molecule has 0 aliphatic carbocycles. The fourth-order valence-corrected chi connectivity index (χ4v) is 1.55. The minimum Gasteiger partial charge on any atom is -0.324 e. The third-order valence-corrected chi connectivity index (χ3v) is 2.56. The van der Waals surface area contributed by atoms with Crippen LogP contribution in [-0.2, 0) is 0 Å². The van der Waals surface area contributed by atoms with Gasteiger partial charge < -0.3 is 10.7 Å². The first-order valence-electron chi connectivity index (χ1n) is 5.54. The largest absolute Gasteiger partial charge is 0.324 e. The van der Waals surface area contributed by atoms with Gasteiger partial charge in [-0.2, -0.15) is 0 Å². The molecule has 0 unspecified atom stereocenters. The Morgan fingerprint density at radius 2 is 1.50 bits per heavy atom. The van der Waals surface area contributed by atoms with Crippen molar-refractivity contribution in [2.24, 2.45) is 5.84 Å². The van der Waals surface area contributed by atoms with Crippen LogP contribution in [0.2, 0.25) is 0 Å². The highest BCUT2D eigenvalue weighted by Gasteiger charge is 2.13. The summed E-state index contributed by atoms with van der Waals surface area (Å²) in [6.07, 6.45) is 0. The smallest absolute Gasteiger partial charge is 0.255 e. The Hall–Kier alpha value is -2.54. The van der Waals surface area contributed by atoms with Gasteiger partial charge in [-0.15, -0.1) is 0 Å². The third kappa shape index (κ3) is 2.89. The molecule has 0 aromatic heterocycles. The lowest BCUT2D eigenvalue weighted by molar-refractivity contribution is 0.102. The Labute approximate surface area is 112 Å². The summed E-state index contributed by atoms with van der Waals surface area (Å²) >= 11 is 0. The van der Waals surface area contributed by atoms with E-state index in [0.717, 1.165) is 0 Å². The fourth-order valence-electron chi connectivity index (χ4n) is 1.55. The van der Waals surface area contributed by atoms with Crippen LogP contribution in [0.5, 0.6) is 0 Å². The van der Waals surface area contributed by atoms with Gasteiger partial charge in [-0.1, -0.05) is 0 Å². The van der Waals surface area contributed by atoms with Crippen molar-refractivity contribution in [3.63, 3.8) is 0 Å². The van der Waals surface area contributed by atoms with Gasteiger partial charge in [0.25, 0.3) is 5.91 Å². The summed E-state index contributed by atoms with van der Waals surface area (Å²) in [5, 5.41) is 2.27. The van der Waals surface area contributed by atoms with Gasteiger partial charge in [-0.25, -0.2) is 13.2 Å². The average molecular weight is 281 g/mol. The monoisotopic (exact) mass is 281 g/mol. The maximum Gasteiger partial charge on any atom is 0.255 e. The minimum absolute atomic E-state index is 0.174. The van der Waals surface area contributed by atoms with Gasteiger partial charge in [-0.05, 0) is 24.3 Å². The van der Waals surface area contributed by atoms with Gasteiger partial charge in [0.1, 0.15) is 0 Å². The second kappa shape index (κ2) is 5.62. The number of hydrazine groups is 1. The number of carbonyl (C=O) groups is 1. The lowest BCUT2D eigenvalue weighted by Crippen LogP contribution is -2.13. The van der Waals surface area contributed by atoms with Crippen molar-refractivity contribution in [2.75, 3.05) is 10.7 Å². The number of hydrogen-bond acceptors (Lipinski definition) is 3. The quantitative estimate of drug-likeness (QED) is 0.460. The maximum absolute atomic E-state index is 13.0. The molecule has 4 nitrogen and oxygen atoms in total. The van der Waals surface area contributed by atoms with E-state index in [1.807, 2.05) is 0 Å². The van der Waals surface area contributed by atoms with Crippen LogP contribution in [0, 0.1) is 17.5 Å². The molecular formula is C13H10F3N3O. The van der Waals surface area contributed by atoms with Gasteiger partial charge >= 0.3 is 0 Å². The molecule has 0 heterocycles. The van der Waals surface area contributed by atoms with Crippen molar-refractivity contribution in [2.45, 2.75) is 0 Å². The Morgan fingerprint density at radius 1 is 0.950 bits per heavy atom. The van der Waals surface area contributed by atoms with Crippen LogP contribution in [0.25, 0.3) is 0 Å². The molecule has 0 bridgehead atoms. The van der Waals surface area contributed by atoms with Crippen molar-refractivity contribution in [3.05, 3.63) is 59.4 Å². The molecule has 2 rings (SSSR count). The molecule has 1 amide bonds. The van der Waals surface area contributed by atoms with Crippen LogP contribution in [0.1, 0.15) is 10.4 Å². The van der Waals surface area contributed by atoms with Gasteiger partial charge in [0, 0.05) is 29.1 Å². The number of nitrogens with two attached hydrogens (primary N) is 1. The molecule has 0 fully saturated rings. The number of anilines is 2. The predicted octanol–water partition coefficient (Wildman–Crippen LogP) is 2.64. The number of carbonyl (C=O) groups excluding carboxylic acids is 1. The molecule has 0 saturated heterocycles. The van der Waals surface area contributed by atoms with E-state index in [1.54, 1.807) is 12.1 Å². The molecule has 2 aromatic carbocycles. The SMILES string of the molecule is NNc1ccc(C(=O)Nc2cc(F)c(F)c(F)c2)cc1. The highest BCUT2D eigenvalue weighted by atomic mass is 19.2. The van der Waals surface area contributed by atoms with E-state index in [9.17, 15) is 18.0 Å². The van der Waals surface area contributed by atoms with Crippen LogP contribution in [-0.4, -0.2) is 5.91 Å². The molecule has 0 saturated carbocycles. The highest BCUT2D eigenvalue weighted by molar-refractivity contribution is 6.04. The van der Waals surface area contributed by atoms with Gasteiger partial charge in [0.15, 0.2) is 17.5 Å². The van der Waals surface area contributed by atoms with Crippen LogP contribution in [0.3, 0.4) is 0 Å². The molecule has 0 radical (unpaired) electrons. The zero-order valence-corrected chi connectivity index (χ0v) is 10.1. The second-order valence-electron chi connectivity index (χ2n) is 3.93. The fraction of sp³-hybridized carbons (Fsp3) is 0. The van der Waals surface area contributed by atoms with E-state index in [0.29, 0.717) is 17.8 Å². The average Bonchev–Trinajstić information content (AvgIpc) is 2.44. The lowest BCUT2D eigenvalue weighted by atomic mass is 10.2. The molecule has 0 atom stereocenters. The molecule has 0 spiro atoms. The van der Waals surface area contributed by atoms with E-state index in [2.05, 4.69) is 10.7 Å². The summed E-state index contributed by atoms with van der Waals surface area (Å²) in [4.78, 5) is 11.8. The summed E-state index contributed by atoms with van der Waals surface area (Å²) in [6, 6.07) is 7.46. The number of halogens is 3. The lowest BCUT2D eigenvalue weighted by Gasteiger charge is -2.07. The van der Waals surface area contributed by atoms with E-state index in [1.165, 1.54) is 12.1 Å². The van der Waals surface area contributed by atoms with E-state index < -0.39 is 23.4 Å². The summed E-state index contributed by atoms with van der Waals surface area (Å²) in [5.41, 5.74) is 3.07. The zero-order valence-electron chi connectivity index (χ0n) is 10.1. The number of rotatable bonds is 3. The van der Waals surface area contributed by atoms with Crippen molar-refractivity contribution < 1.29 is 18.0 Å². The molecule has 0 aliphatic heterocycles. The molecule has 0 aliphatic rings. The van der Waals surface area contributed by atoms with Gasteiger partial charge in [0.2, 0.25) is 0 Å². The van der Waals surface area contributed by atoms with Crippen LogP contribution >= 0.6 is 0 Å². The number of amides is 1. The number of nitrogens with one attached hydrogen (secondary N) is 2. The van der Waals surface area contributed by atoms with E-state index >= 15 is 0 Å². The molecule has 20 heavy (non-hydrogen) atoms. The Balaban J connectivity index is 2.18. The summed E-state index contributed by atoms with van der Waals surface area (Å²) < 4.78 is 38.8. The molecular weight excluding hydrogens is 271 g/mol. The van der Waals surface area contributed by atoms with Crippen molar-refractivity contribution >= 4 is 17.3 Å². The first-order chi connectivity index (χ1) is 9.51. The van der Waals surface area contributed by atoms with E-state index in [-0.39, 0.29) is 11.3 Å². The standard InChI is InChI=1S/C13H10F3N3O/c14-10-5-9(6-11(15)12(10)16)18-13(20)7-1-3-8(19-17)4-2-7/h1-6,19H,17H2,(H,18,20). The maximum atomic E-state index is 13.0. The molecule has 4 N–H and O–H groups in total. The van der Waals surface area contributed by atoms with Crippen LogP contribution in [0.15, 0.2) is 36.4 Å². The molecule has 2 aromatic rings. The molecule has 104 valence electrons. The first-order valence-corrected chi connectivity index (χ1v) is 5.54. The van der Waals surface area contributed by atoms with Crippen molar-refractivity contribution in [1.82, 2.24) is 0 Å². The zero-order chi connectivity index (χ0) is 14.7. The van der Waals surface area contributed by atoms with Gasteiger partial charge in [0.05, 0.1) is 0 Å². The highest BCUT2D eigenvalue weighted by Crippen LogP contribution is 2.18. The Morgan fingerprint density at radius 3 is 2.00 bits per heavy atom. The topological polar surface area (TPSA) is 67.1 Å². The van der Waals surface area contributed by atoms with Crippen LogP contribution < -0.4 is 16.6 Å². The predicted molar refractivity (Wildman–Crippen MR) is 68.5 cm³/mol. The summed E-state index contributed by atoms with van der Waals surface area (Å²) in [5.74, 6) is 0.267. The normalized spacial score (nSPS) is 10.2. The first kappa shape index (κ1) is 13.9. The third-order valence-electron chi connectivity index (χ3n) is 2.56. The number of hydrogen-bond donors (Lipinski definition) is 3. The van der Waals surface area contributed by atoms with Crippen molar-refractivity contribution in [3.8, 4) is 0 Å². The second-order valence-corrected chi connectivity index (χ2v) is 3.93. The van der Waals surface area contributed by atoms with E-state index in [4.69, 9.17) is 5.84 Å². The number of nitrogen functional groups attached to an aromatic ring is 1. The Kier molecular flexibility index (Phi) is 3.90. The molecule has 7 heteroatoms. The number of benzene rings is 2. The summed E-state index contributed by atoms with van der Waals surface area (Å²) in [6.45, 7) is 0. The van der Waals surface area contributed by atoms with Crippen molar-refractivity contribution in [1.29, 1.82) is 0 Å². The Bertz CT molecular complexity index is 621. The van der Waals surface area contributed by atoms with Gasteiger partial charge in [-0.3, -0.25) is 10.6 Å². The minimum atomic E-state index is -1.58.